The lowest BCUT2D eigenvalue weighted by Gasteiger charge is -2.11. The molecule has 2 aromatic heterocycles. The highest BCUT2D eigenvalue weighted by Crippen LogP contribution is 2.30. The average Bonchev–Trinajstić information content (AvgIpc) is 3.19. The van der Waals surface area contributed by atoms with E-state index >= 15 is 0 Å². The minimum Gasteiger partial charge on any atom is -0.493 e. The molecule has 0 unspecified atom stereocenters. The number of aryl methyl sites for hydroxylation is 2. The monoisotopic (exact) mass is 472 g/mol. The normalized spacial score (nSPS) is 10.9. The number of nitrogens with zero attached hydrogens (tertiary/aromatic N) is 2. The van der Waals surface area contributed by atoms with Crippen LogP contribution in [0.5, 0.6) is 11.5 Å². The lowest BCUT2D eigenvalue weighted by molar-refractivity contribution is -0.111. The largest absolute Gasteiger partial charge is 0.493 e. The molecule has 0 bridgehead atoms. The van der Waals surface area contributed by atoms with Crippen molar-refractivity contribution in [2.75, 3.05) is 12.4 Å². The van der Waals surface area contributed by atoms with E-state index in [4.69, 9.17) is 14.0 Å². The molecular weight excluding hydrogens is 448 g/mol. The van der Waals surface area contributed by atoms with Crippen LogP contribution in [0.1, 0.15) is 22.6 Å². The number of benzene rings is 2. The number of methoxy groups -OCH3 is 1. The maximum Gasteiger partial charge on any atom is 0.264 e. The summed E-state index contributed by atoms with van der Waals surface area (Å²) in [5.41, 5.74) is 4.14. The van der Waals surface area contributed by atoms with E-state index in [2.05, 4.69) is 20.7 Å². The topological polar surface area (TPSA) is 119 Å². The van der Waals surface area contributed by atoms with Crippen molar-refractivity contribution in [2.45, 2.75) is 20.5 Å². The number of H-pyrrole nitrogens is 1. The van der Waals surface area contributed by atoms with Crippen LogP contribution in [0, 0.1) is 13.8 Å². The van der Waals surface area contributed by atoms with Crippen LogP contribution in [0.15, 0.2) is 70.0 Å². The van der Waals surface area contributed by atoms with Crippen molar-refractivity contribution in [3.63, 3.8) is 0 Å². The summed E-state index contributed by atoms with van der Waals surface area (Å²) in [6, 6.07) is 15.6. The maximum atomic E-state index is 12.5. The van der Waals surface area contributed by atoms with Crippen LogP contribution in [0.2, 0.25) is 0 Å². The molecule has 178 valence electrons. The molecule has 0 aliphatic rings. The molecule has 9 nitrogen and oxygen atoms in total. The number of hydrogen-bond donors (Lipinski definition) is 2. The summed E-state index contributed by atoms with van der Waals surface area (Å²) in [5.74, 6) is 1.53. The van der Waals surface area contributed by atoms with E-state index in [9.17, 15) is 9.59 Å². The first-order valence-electron chi connectivity index (χ1n) is 10.8. The summed E-state index contributed by atoms with van der Waals surface area (Å²) < 4.78 is 16.5. The van der Waals surface area contributed by atoms with Gasteiger partial charge in [0.1, 0.15) is 12.4 Å². The van der Waals surface area contributed by atoms with E-state index < -0.39 is 0 Å². The van der Waals surface area contributed by atoms with Crippen molar-refractivity contribution in [2.24, 2.45) is 0 Å². The molecular formula is C26H24N4O5. The van der Waals surface area contributed by atoms with Crippen molar-refractivity contribution in [3.8, 4) is 22.8 Å². The zero-order valence-corrected chi connectivity index (χ0v) is 19.5. The molecule has 0 saturated carbocycles. The smallest absolute Gasteiger partial charge is 0.264 e. The molecule has 2 N–H and O–H groups in total. The molecule has 0 aliphatic carbocycles. The van der Waals surface area contributed by atoms with Crippen LogP contribution in [0.3, 0.4) is 0 Å². The number of nitrogens with one attached hydrogen (secondary N) is 2. The molecule has 1 amide bonds. The number of amides is 1. The van der Waals surface area contributed by atoms with Gasteiger partial charge in [-0.2, -0.15) is 5.10 Å². The lowest BCUT2D eigenvalue weighted by atomic mass is 10.1. The number of carbonyl (C=O) groups excluding carboxylic acids is 1. The molecule has 4 rings (SSSR count). The van der Waals surface area contributed by atoms with Crippen molar-refractivity contribution in [1.29, 1.82) is 0 Å². The fraction of sp³-hybridized carbons (Fsp3) is 0.154. The molecule has 35 heavy (non-hydrogen) atoms. The van der Waals surface area contributed by atoms with Crippen LogP contribution in [-0.2, 0) is 11.4 Å². The Morgan fingerprint density at radius 3 is 2.69 bits per heavy atom. The molecule has 0 spiro atoms. The third kappa shape index (κ3) is 5.83. The lowest BCUT2D eigenvalue weighted by Crippen LogP contribution is -2.08. The average molecular weight is 473 g/mol. The maximum absolute atomic E-state index is 12.5. The number of rotatable bonds is 8. The van der Waals surface area contributed by atoms with Crippen LogP contribution in [-0.4, -0.2) is 28.4 Å². The minimum atomic E-state index is -0.297. The minimum absolute atomic E-state index is 0.278. The van der Waals surface area contributed by atoms with Crippen LogP contribution < -0.4 is 20.3 Å². The molecule has 0 fully saturated rings. The summed E-state index contributed by atoms with van der Waals surface area (Å²) in [6.07, 6.45) is 3.12. The van der Waals surface area contributed by atoms with Gasteiger partial charge in [0.05, 0.1) is 24.1 Å². The second kappa shape index (κ2) is 10.5. The number of aromatic amines is 1. The van der Waals surface area contributed by atoms with Crippen molar-refractivity contribution in [1.82, 2.24) is 15.4 Å². The summed E-state index contributed by atoms with van der Waals surface area (Å²) in [5, 5.41) is 13.2. The van der Waals surface area contributed by atoms with E-state index in [1.54, 1.807) is 49.6 Å². The zero-order valence-electron chi connectivity index (χ0n) is 19.5. The van der Waals surface area contributed by atoms with E-state index in [0.717, 1.165) is 22.4 Å². The second-order valence-electron chi connectivity index (χ2n) is 7.71. The van der Waals surface area contributed by atoms with Gasteiger partial charge in [-0.1, -0.05) is 23.4 Å². The molecule has 2 aromatic carbocycles. The van der Waals surface area contributed by atoms with Gasteiger partial charge in [-0.05, 0) is 55.8 Å². The predicted octanol–water partition coefficient (Wildman–Crippen LogP) is 4.28. The highest BCUT2D eigenvalue weighted by Gasteiger charge is 2.12. The fourth-order valence-corrected chi connectivity index (χ4v) is 3.38. The number of anilines is 1. The third-order valence-corrected chi connectivity index (χ3v) is 5.27. The summed E-state index contributed by atoms with van der Waals surface area (Å²) in [6.45, 7) is 4.01. The van der Waals surface area contributed by atoms with Gasteiger partial charge in [0.25, 0.3) is 5.56 Å². The number of hydrogen-bond acceptors (Lipinski definition) is 7. The molecule has 0 aliphatic heterocycles. The Morgan fingerprint density at radius 1 is 1.11 bits per heavy atom. The van der Waals surface area contributed by atoms with Crippen LogP contribution in [0.25, 0.3) is 17.3 Å². The van der Waals surface area contributed by atoms with E-state index in [-0.39, 0.29) is 11.5 Å². The first-order valence-corrected chi connectivity index (χ1v) is 10.8. The van der Waals surface area contributed by atoms with E-state index in [1.807, 2.05) is 26.0 Å². The molecule has 2 heterocycles. The number of carbonyl (C=O) groups is 1. The predicted molar refractivity (Wildman–Crippen MR) is 131 cm³/mol. The molecule has 0 saturated heterocycles. The Balaban J connectivity index is 1.41. The van der Waals surface area contributed by atoms with Gasteiger partial charge >= 0.3 is 0 Å². The highest BCUT2D eigenvalue weighted by atomic mass is 16.5. The Hall–Kier alpha value is -4.66. The van der Waals surface area contributed by atoms with Gasteiger partial charge in [-0.15, -0.1) is 0 Å². The Morgan fingerprint density at radius 2 is 1.97 bits per heavy atom. The zero-order chi connectivity index (χ0) is 24.8. The van der Waals surface area contributed by atoms with Gasteiger partial charge in [0, 0.05) is 23.4 Å². The van der Waals surface area contributed by atoms with Gasteiger partial charge in [-0.25, -0.2) is 5.10 Å². The van der Waals surface area contributed by atoms with Gasteiger partial charge in [-0.3, -0.25) is 9.59 Å². The second-order valence-corrected chi connectivity index (χ2v) is 7.71. The summed E-state index contributed by atoms with van der Waals surface area (Å²) in [4.78, 5) is 23.7. The van der Waals surface area contributed by atoms with Gasteiger partial charge in [0.15, 0.2) is 11.5 Å². The molecule has 0 radical (unpaired) electrons. The van der Waals surface area contributed by atoms with Crippen molar-refractivity contribution in [3.05, 3.63) is 93.6 Å². The van der Waals surface area contributed by atoms with Crippen LogP contribution in [0.4, 0.5) is 5.69 Å². The fourth-order valence-electron chi connectivity index (χ4n) is 3.38. The standard InChI is InChI=1S/C26H24N4O5/c1-16-21(17(2)35-30-16)15-34-23-10-7-18(13-24(23)33-3)8-11-25(31)27-20-6-4-5-19(14-20)22-9-12-26(32)29-28-22/h4-14H,15H2,1-3H3,(H,27,31)(H,29,32)/b11-8+. The number of ether oxygens (including phenoxy) is 2. The summed E-state index contributed by atoms with van der Waals surface area (Å²) >= 11 is 0. The van der Waals surface area contributed by atoms with E-state index in [0.29, 0.717) is 35.2 Å². The van der Waals surface area contributed by atoms with Gasteiger partial charge in [0.2, 0.25) is 5.91 Å². The Labute approximate surface area is 201 Å². The molecule has 4 aromatic rings. The third-order valence-electron chi connectivity index (χ3n) is 5.27. The summed E-state index contributed by atoms with van der Waals surface area (Å²) in [7, 11) is 1.56. The van der Waals surface area contributed by atoms with Crippen LogP contribution >= 0.6 is 0 Å². The Kier molecular flexibility index (Phi) is 7.06. The number of aromatic nitrogens is 3. The molecule has 0 atom stereocenters. The van der Waals surface area contributed by atoms with Crippen molar-refractivity contribution >= 4 is 17.7 Å². The first kappa shape index (κ1) is 23.5. The highest BCUT2D eigenvalue weighted by molar-refractivity contribution is 6.02. The van der Waals surface area contributed by atoms with Gasteiger partial charge < -0.3 is 19.3 Å². The van der Waals surface area contributed by atoms with E-state index in [1.165, 1.54) is 12.1 Å². The Bertz CT molecular complexity index is 1400. The molecule has 9 heteroatoms. The SMILES string of the molecule is COc1cc(/C=C/C(=O)Nc2cccc(-c3ccc(=O)[nH]n3)c2)ccc1OCc1c(C)noc1C. The first-order chi connectivity index (χ1) is 16.9. The quantitative estimate of drug-likeness (QED) is 0.367. The van der Waals surface area contributed by atoms with Crippen molar-refractivity contribution < 1.29 is 18.8 Å².